The standard InChI is InChI=1S/C16H20N4S/c1-20(14-5-8-21-9-6-14)12-13-10-18-16(19-11-13)15-4-2-3-7-17-15/h2-4,7,10-11,14H,5-6,8-9,12H2,1H3. The summed E-state index contributed by atoms with van der Waals surface area (Å²) in [5.41, 5.74) is 1.98. The molecule has 0 atom stereocenters. The van der Waals surface area contributed by atoms with Gasteiger partial charge in [0.1, 0.15) is 5.69 Å². The fourth-order valence-corrected chi connectivity index (χ4v) is 3.69. The summed E-state index contributed by atoms with van der Waals surface area (Å²) >= 11 is 2.06. The van der Waals surface area contributed by atoms with E-state index in [-0.39, 0.29) is 0 Å². The van der Waals surface area contributed by atoms with Crippen LogP contribution in [0.4, 0.5) is 0 Å². The molecule has 2 aromatic heterocycles. The lowest BCUT2D eigenvalue weighted by Gasteiger charge is -2.30. The van der Waals surface area contributed by atoms with E-state index in [0.717, 1.165) is 17.8 Å². The molecule has 0 spiro atoms. The van der Waals surface area contributed by atoms with Gasteiger partial charge in [0.15, 0.2) is 5.82 Å². The van der Waals surface area contributed by atoms with Crippen molar-refractivity contribution in [2.45, 2.75) is 25.4 Å². The molecule has 1 fully saturated rings. The zero-order chi connectivity index (χ0) is 14.5. The zero-order valence-electron chi connectivity index (χ0n) is 12.3. The molecule has 1 aliphatic rings. The number of nitrogens with zero attached hydrogens (tertiary/aromatic N) is 4. The second-order valence-electron chi connectivity index (χ2n) is 5.39. The Balaban J connectivity index is 1.64. The van der Waals surface area contributed by atoms with Crippen LogP contribution < -0.4 is 0 Å². The highest BCUT2D eigenvalue weighted by Gasteiger charge is 2.18. The van der Waals surface area contributed by atoms with Crippen molar-refractivity contribution >= 4 is 11.8 Å². The third-order valence-electron chi connectivity index (χ3n) is 3.85. The normalized spacial score (nSPS) is 16.3. The van der Waals surface area contributed by atoms with E-state index in [1.807, 2.05) is 30.6 Å². The number of pyridine rings is 1. The van der Waals surface area contributed by atoms with Crippen LogP contribution in [0.25, 0.3) is 11.5 Å². The Morgan fingerprint density at radius 3 is 2.57 bits per heavy atom. The minimum Gasteiger partial charge on any atom is -0.299 e. The second-order valence-corrected chi connectivity index (χ2v) is 6.61. The number of aromatic nitrogens is 3. The van der Waals surface area contributed by atoms with Gasteiger partial charge in [0.05, 0.1) is 0 Å². The van der Waals surface area contributed by atoms with Crippen LogP contribution in [0.5, 0.6) is 0 Å². The summed E-state index contributed by atoms with van der Waals surface area (Å²) in [4.78, 5) is 15.6. The van der Waals surface area contributed by atoms with Gasteiger partial charge in [0.2, 0.25) is 0 Å². The highest BCUT2D eigenvalue weighted by atomic mass is 32.2. The number of rotatable bonds is 4. The van der Waals surface area contributed by atoms with Crippen molar-refractivity contribution < 1.29 is 0 Å². The Hall–Kier alpha value is -1.46. The molecular weight excluding hydrogens is 280 g/mol. The predicted molar refractivity (Wildman–Crippen MR) is 87.1 cm³/mol. The van der Waals surface area contributed by atoms with Crippen molar-refractivity contribution in [3.05, 3.63) is 42.4 Å². The van der Waals surface area contributed by atoms with Crippen molar-refractivity contribution in [2.24, 2.45) is 0 Å². The van der Waals surface area contributed by atoms with Crippen LogP contribution in [0.1, 0.15) is 18.4 Å². The van der Waals surface area contributed by atoms with Crippen LogP contribution in [0.2, 0.25) is 0 Å². The molecule has 0 bridgehead atoms. The van der Waals surface area contributed by atoms with Gasteiger partial charge in [-0.1, -0.05) is 6.07 Å². The Bertz CT molecular complexity index is 552. The van der Waals surface area contributed by atoms with Gasteiger partial charge in [-0.15, -0.1) is 0 Å². The number of thioether (sulfide) groups is 1. The maximum absolute atomic E-state index is 4.44. The molecule has 110 valence electrons. The molecule has 0 saturated carbocycles. The molecule has 5 heteroatoms. The molecule has 0 radical (unpaired) electrons. The largest absolute Gasteiger partial charge is 0.299 e. The van der Waals surface area contributed by atoms with Gasteiger partial charge in [-0.3, -0.25) is 9.88 Å². The molecule has 0 aliphatic carbocycles. The van der Waals surface area contributed by atoms with E-state index in [9.17, 15) is 0 Å². The Labute approximate surface area is 130 Å². The van der Waals surface area contributed by atoms with E-state index in [1.165, 1.54) is 24.3 Å². The summed E-state index contributed by atoms with van der Waals surface area (Å²) in [6.45, 7) is 0.915. The minimum absolute atomic E-state index is 0.691. The van der Waals surface area contributed by atoms with Crippen molar-refractivity contribution in [3.63, 3.8) is 0 Å². The zero-order valence-corrected chi connectivity index (χ0v) is 13.1. The Kier molecular flexibility index (Phi) is 4.83. The molecule has 3 rings (SSSR count). The lowest BCUT2D eigenvalue weighted by Crippen LogP contribution is -2.34. The average molecular weight is 300 g/mol. The van der Waals surface area contributed by atoms with Crippen molar-refractivity contribution in [2.75, 3.05) is 18.6 Å². The van der Waals surface area contributed by atoms with Crippen LogP contribution in [0, 0.1) is 0 Å². The smallest absolute Gasteiger partial charge is 0.178 e. The third-order valence-corrected chi connectivity index (χ3v) is 4.89. The predicted octanol–water partition coefficient (Wildman–Crippen LogP) is 2.87. The van der Waals surface area contributed by atoms with E-state index in [4.69, 9.17) is 0 Å². The van der Waals surface area contributed by atoms with E-state index >= 15 is 0 Å². The molecule has 0 unspecified atom stereocenters. The van der Waals surface area contributed by atoms with Crippen LogP contribution in [0.15, 0.2) is 36.8 Å². The lowest BCUT2D eigenvalue weighted by atomic mass is 10.1. The van der Waals surface area contributed by atoms with Gasteiger partial charge < -0.3 is 0 Å². The molecular formula is C16H20N4S. The quantitative estimate of drug-likeness (QED) is 0.868. The van der Waals surface area contributed by atoms with Crippen molar-refractivity contribution in [3.8, 4) is 11.5 Å². The first kappa shape index (κ1) is 14.5. The van der Waals surface area contributed by atoms with Gasteiger partial charge >= 0.3 is 0 Å². The van der Waals surface area contributed by atoms with Crippen molar-refractivity contribution in [1.29, 1.82) is 0 Å². The highest BCUT2D eigenvalue weighted by Crippen LogP contribution is 2.22. The first-order chi connectivity index (χ1) is 10.3. The average Bonchev–Trinajstić information content (AvgIpc) is 2.57. The lowest BCUT2D eigenvalue weighted by molar-refractivity contribution is 0.221. The van der Waals surface area contributed by atoms with Crippen molar-refractivity contribution in [1.82, 2.24) is 19.9 Å². The molecule has 1 saturated heterocycles. The molecule has 0 N–H and O–H groups in total. The summed E-state index contributed by atoms with van der Waals surface area (Å²) in [7, 11) is 2.20. The van der Waals surface area contributed by atoms with Crippen LogP contribution in [-0.4, -0.2) is 44.4 Å². The summed E-state index contributed by atoms with van der Waals surface area (Å²) in [6, 6.07) is 6.48. The first-order valence-corrected chi connectivity index (χ1v) is 8.49. The topological polar surface area (TPSA) is 41.9 Å². The maximum atomic E-state index is 4.44. The Morgan fingerprint density at radius 2 is 1.90 bits per heavy atom. The highest BCUT2D eigenvalue weighted by molar-refractivity contribution is 7.99. The van der Waals surface area contributed by atoms with Gasteiger partial charge in [0, 0.05) is 36.7 Å². The maximum Gasteiger partial charge on any atom is 0.178 e. The van der Waals surface area contributed by atoms with E-state index in [1.54, 1.807) is 6.20 Å². The molecule has 2 aromatic rings. The van der Waals surface area contributed by atoms with E-state index in [0.29, 0.717) is 11.9 Å². The molecule has 4 nitrogen and oxygen atoms in total. The molecule has 0 aromatic carbocycles. The Morgan fingerprint density at radius 1 is 1.14 bits per heavy atom. The fraction of sp³-hybridized carbons (Fsp3) is 0.438. The van der Waals surface area contributed by atoms with Gasteiger partial charge in [-0.05, 0) is 43.5 Å². The fourth-order valence-electron chi connectivity index (χ4n) is 2.61. The SMILES string of the molecule is CN(Cc1cnc(-c2ccccn2)nc1)C1CCSCC1. The van der Waals surface area contributed by atoms with Crippen LogP contribution in [-0.2, 0) is 6.54 Å². The van der Waals surface area contributed by atoms with Gasteiger partial charge in [-0.25, -0.2) is 9.97 Å². The minimum atomic E-state index is 0.691. The molecule has 1 aliphatic heterocycles. The van der Waals surface area contributed by atoms with Crippen LogP contribution in [0.3, 0.4) is 0 Å². The van der Waals surface area contributed by atoms with Gasteiger partial charge in [0.25, 0.3) is 0 Å². The molecule has 0 amide bonds. The van der Waals surface area contributed by atoms with Gasteiger partial charge in [-0.2, -0.15) is 11.8 Å². The van der Waals surface area contributed by atoms with E-state index < -0.39 is 0 Å². The number of hydrogen-bond donors (Lipinski definition) is 0. The molecule has 3 heterocycles. The summed E-state index contributed by atoms with van der Waals surface area (Å²) in [6.07, 6.45) is 8.18. The molecule has 21 heavy (non-hydrogen) atoms. The van der Waals surface area contributed by atoms with E-state index in [2.05, 4.69) is 38.7 Å². The third kappa shape index (κ3) is 3.80. The van der Waals surface area contributed by atoms with Crippen LogP contribution >= 0.6 is 11.8 Å². The summed E-state index contributed by atoms with van der Waals surface area (Å²) < 4.78 is 0. The summed E-state index contributed by atoms with van der Waals surface area (Å²) in [5.74, 6) is 3.25. The monoisotopic (exact) mass is 300 g/mol. The summed E-state index contributed by atoms with van der Waals surface area (Å²) in [5, 5.41) is 0. The number of hydrogen-bond acceptors (Lipinski definition) is 5. The second kappa shape index (κ2) is 7.00. The first-order valence-electron chi connectivity index (χ1n) is 7.33.